The second kappa shape index (κ2) is 6.48. The van der Waals surface area contributed by atoms with Crippen molar-refractivity contribution in [2.24, 2.45) is 24.6 Å². The third-order valence-corrected chi connectivity index (χ3v) is 5.54. The smallest absolute Gasteiger partial charge is 0.230 e. The topological polar surface area (TPSA) is 93.2 Å². The minimum absolute atomic E-state index is 0.0723. The van der Waals surface area contributed by atoms with E-state index in [9.17, 15) is 9.59 Å². The molecule has 7 nitrogen and oxygen atoms in total. The molecular weight excluding hydrogens is 330 g/mol. The number of hydrogen-bond donors (Lipinski definition) is 2. The number of benzene rings is 1. The molecule has 2 amide bonds. The van der Waals surface area contributed by atoms with Crippen LogP contribution in [0.4, 0.5) is 17.2 Å². The van der Waals surface area contributed by atoms with Crippen molar-refractivity contribution in [2.45, 2.75) is 32.2 Å². The van der Waals surface area contributed by atoms with Gasteiger partial charge in [0.1, 0.15) is 5.82 Å². The van der Waals surface area contributed by atoms with Crippen molar-refractivity contribution >= 4 is 29.0 Å². The quantitative estimate of drug-likeness (QED) is 0.866. The van der Waals surface area contributed by atoms with Gasteiger partial charge in [0.05, 0.1) is 24.1 Å². The fourth-order valence-electron chi connectivity index (χ4n) is 4.00. The molecule has 26 heavy (non-hydrogen) atoms. The molecular formula is C19H23N5O2. The Kier molecular flexibility index (Phi) is 4.14. The number of amides is 2. The number of aromatic nitrogens is 2. The standard InChI is InChI=1S/C19H23N5O2/c1-23-18-14(10-21-23)11-24(16-5-3-2-4-15(16)22-18)19(26)13-8-6-12(7-9-13)17(20)25/h2-5,10,12-13,22H,6-9,11H2,1H3,(H2,20,25). The first-order valence-electron chi connectivity index (χ1n) is 9.02. The van der Waals surface area contributed by atoms with E-state index < -0.39 is 0 Å². The van der Waals surface area contributed by atoms with E-state index in [2.05, 4.69) is 10.4 Å². The molecule has 2 heterocycles. The lowest BCUT2D eigenvalue weighted by atomic mass is 9.81. The molecule has 1 aromatic heterocycles. The van der Waals surface area contributed by atoms with E-state index in [0.717, 1.165) is 22.8 Å². The molecule has 136 valence electrons. The van der Waals surface area contributed by atoms with Crippen molar-refractivity contribution in [1.29, 1.82) is 0 Å². The fourth-order valence-corrected chi connectivity index (χ4v) is 4.00. The molecule has 3 N–H and O–H groups in total. The molecule has 4 rings (SSSR count). The van der Waals surface area contributed by atoms with Gasteiger partial charge in [-0.05, 0) is 37.8 Å². The van der Waals surface area contributed by atoms with Gasteiger partial charge >= 0.3 is 0 Å². The molecule has 2 aromatic rings. The van der Waals surface area contributed by atoms with Crippen LogP contribution >= 0.6 is 0 Å². The normalized spacial score (nSPS) is 22.0. The molecule has 0 radical (unpaired) electrons. The van der Waals surface area contributed by atoms with Gasteiger partial charge in [0.15, 0.2) is 0 Å². The monoisotopic (exact) mass is 353 g/mol. The van der Waals surface area contributed by atoms with Gasteiger partial charge < -0.3 is 16.0 Å². The Hall–Kier alpha value is -2.83. The number of rotatable bonds is 2. The van der Waals surface area contributed by atoms with Crippen molar-refractivity contribution in [3.63, 3.8) is 0 Å². The number of fused-ring (bicyclic) bond motifs is 2. The van der Waals surface area contributed by atoms with Crippen molar-refractivity contribution in [1.82, 2.24) is 9.78 Å². The van der Waals surface area contributed by atoms with Crippen LogP contribution in [-0.2, 0) is 23.2 Å². The molecule has 1 saturated carbocycles. The van der Waals surface area contributed by atoms with E-state index in [-0.39, 0.29) is 23.7 Å². The summed E-state index contributed by atoms with van der Waals surface area (Å²) in [6.07, 6.45) is 4.60. The number of aryl methyl sites for hydroxylation is 1. The summed E-state index contributed by atoms with van der Waals surface area (Å²) in [6.45, 7) is 0.488. The van der Waals surface area contributed by atoms with Gasteiger partial charge in [-0.2, -0.15) is 5.10 Å². The summed E-state index contributed by atoms with van der Waals surface area (Å²) in [5.41, 5.74) is 8.19. The molecule has 0 spiro atoms. The van der Waals surface area contributed by atoms with Gasteiger partial charge in [-0.3, -0.25) is 14.3 Å². The number of carbonyl (C=O) groups is 2. The molecule has 2 aliphatic rings. The largest absolute Gasteiger partial charge is 0.369 e. The van der Waals surface area contributed by atoms with Crippen LogP contribution in [0.1, 0.15) is 31.2 Å². The maximum absolute atomic E-state index is 13.3. The van der Waals surface area contributed by atoms with Crippen LogP contribution in [0.3, 0.4) is 0 Å². The predicted octanol–water partition coefficient (Wildman–Crippen LogP) is 2.30. The lowest BCUT2D eigenvalue weighted by molar-refractivity contribution is -0.127. The van der Waals surface area contributed by atoms with Gasteiger partial charge in [0.25, 0.3) is 0 Å². The van der Waals surface area contributed by atoms with Gasteiger partial charge in [-0.25, -0.2) is 0 Å². The zero-order valence-corrected chi connectivity index (χ0v) is 14.8. The lowest BCUT2D eigenvalue weighted by Gasteiger charge is -2.31. The highest BCUT2D eigenvalue weighted by atomic mass is 16.2. The Morgan fingerprint density at radius 2 is 1.85 bits per heavy atom. The minimum Gasteiger partial charge on any atom is -0.369 e. The third kappa shape index (κ3) is 2.83. The Morgan fingerprint density at radius 3 is 2.58 bits per heavy atom. The van der Waals surface area contributed by atoms with Gasteiger partial charge in [0, 0.05) is 24.4 Å². The van der Waals surface area contributed by atoms with E-state index in [1.54, 1.807) is 10.9 Å². The summed E-state index contributed by atoms with van der Waals surface area (Å²) < 4.78 is 1.79. The second-order valence-corrected chi connectivity index (χ2v) is 7.16. The molecule has 1 aliphatic carbocycles. The average molecular weight is 353 g/mol. The van der Waals surface area contributed by atoms with E-state index in [1.807, 2.05) is 36.2 Å². The summed E-state index contributed by atoms with van der Waals surface area (Å²) >= 11 is 0. The van der Waals surface area contributed by atoms with Crippen molar-refractivity contribution in [3.05, 3.63) is 36.0 Å². The Balaban J connectivity index is 1.63. The number of nitrogens with two attached hydrogens (primary N) is 1. The van der Waals surface area contributed by atoms with Crippen LogP contribution in [-0.4, -0.2) is 21.6 Å². The predicted molar refractivity (Wildman–Crippen MR) is 98.8 cm³/mol. The summed E-state index contributed by atoms with van der Waals surface area (Å²) in [7, 11) is 1.89. The zero-order chi connectivity index (χ0) is 18.3. The Morgan fingerprint density at radius 1 is 1.15 bits per heavy atom. The van der Waals surface area contributed by atoms with Crippen LogP contribution in [0, 0.1) is 11.8 Å². The Labute approximate surface area is 152 Å². The van der Waals surface area contributed by atoms with Gasteiger partial charge in [0.2, 0.25) is 11.8 Å². The van der Waals surface area contributed by atoms with E-state index >= 15 is 0 Å². The van der Waals surface area contributed by atoms with E-state index in [0.29, 0.717) is 32.2 Å². The van der Waals surface area contributed by atoms with Crippen LogP contribution in [0.15, 0.2) is 30.5 Å². The first kappa shape index (κ1) is 16.6. The Bertz CT molecular complexity index is 851. The van der Waals surface area contributed by atoms with E-state index in [1.165, 1.54) is 0 Å². The van der Waals surface area contributed by atoms with Crippen LogP contribution in [0.25, 0.3) is 0 Å². The third-order valence-electron chi connectivity index (χ3n) is 5.54. The molecule has 0 bridgehead atoms. The van der Waals surface area contributed by atoms with Crippen LogP contribution < -0.4 is 16.0 Å². The van der Waals surface area contributed by atoms with Gasteiger partial charge in [-0.15, -0.1) is 0 Å². The highest BCUT2D eigenvalue weighted by molar-refractivity contribution is 5.99. The maximum Gasteiger partial charge on any atom is 0.230 e. The molecule has 7 heteroatoms. The minimum atomic E-state index is -0.250. The number of para-hydroxylation sites is 2. The van der Waals surface area contributed by atoms with Crippen molar-refractivity contribution in [2.75, 3.05) is 10.2 Å². The highest BCUT2D eigenvalue weighted by Crippen LogP contribution is 2.38. The zero-order valence-electron chi connectivity index (χ0n) is 14.8. The lowest BCUT2D eigenvalue weighted by Crippen LogP contribution is -2.38. The summed E-state index contributed by atoms with van der Waals surface area (Å²) in [5, 5.41) is 7.72. The molecule has 1 aliphatic heterocycles. The van der Waals surface area contributed by atoms with Crippen LogP contribution in [0.2, 0.25) is 0 Å². The number of primary amides is 1. The van der Waals surface area contributed by atoms with Crippen molar-refractivity contribution in [3.8, 4) is 0 Å². The number of anilines is 3. The van der Waals surface area contributed by atoms with Crippen molar-refractivity contribution < 1.29 is 9.59 Å². The summed E-state index contributed by atoms with van der Waals surface area (Å²) in [5.74, 6) is 0.600. The second-order valence-electron chi connectivity index (χ2n) is 7.16. The molecule has 0 saturated heterocycles. The number of nitrogens with one attached hydrogen (secondary N) is 1. The number of carbonyl (C=O) groups excluding carboxylic acids is 2. The highest BCUT2D eigenvalue weighted by Gasteiger charge is 2.34. The molecule has 0 unspecified atom stereocenters. The number of hydrogen-bond acceptors (Lipinski definition) is 4. The average Bonchev–Trinajstić information content (AvgIpc) is 2.90. The molecule has 0 atom stereocenters. The molecule has 1 fully saturated rings. The van der Waals surface area contributed by atoms with Crippen LogP contribution in [0.5, 0.6) is 0 Å². The van der Waals surface area contributed by atoms with Gasteiger partial charge in [-0.1, -0.05) is 12.1 Å². The SMILES string of the molecule is Cn1ncc2c1Nc1ccccc1N(C(=O)C1CCC(C(N)=O)CC1)C2. The summed E-state index contributed by atoms with van der Waals surface area (Å²) in [4.78, 5) is 26.6. The number of nitrogens with zero attached hydrogens (tertiary/aromatic N) is 3. The fraction of sp³-hybridized carbons (Fsp3) is 0.421. The maximum atomic E-state index is 13.3. The first-order valence-corrected chi connectivity index (χ1v) is 9.02. The first-order chi connectivity index (χ1) is 12.5. The molecule has 1 aromatic carbocycles. The summed E-state index contributed by atoms with van der Waals surface area (Å²) in [6, 6.07) is 7.84. The van der Waals surface area contributed by atoms with E-state index in [4.69, 9.17) is 5.73 Å².